The first-order valence-corrected chi connectivity index (χ1v) is 7.74. The van der Waals surface area contributed by atoms with Crippen molar-refractivity contribution in [2.45, 2.75) is 19.5 Å². The zero-order valence-electron chi connectivity index (χ0n) is 12.3. The summed E-state index contributed by atoms with van der Waals surface area (Å²) in [6.45, 7) is 10.9. The number of piperazine rings is 1. The summed E-state index contributed by atoms with van der Waals surface area (Å²) in [5.74, 6) is 1.04. The number of likely N-dealkylation sites (tertiary alicyclic amines) is 1. The molecule has 0 aromatic heterocycles. The van der Waals surface area contributed by atoms with E-state index in [0.29, 0.717) is 0 Å². The maximum absolute atomic E-state index is 5.70. The Morgan fingerprint density at radius 1 is 1.20 bits per heavy atom. The highest BCUT2D eigenvalue weighted by Gasteiger charge is 2.32. The van der Waals surface area contributed by atoms with Gasteiger partial charge in [0.05, 0.1) is 6.61 Å². The number of benzene rings is 1. The summed E-state index contributed by atoms with van der Waals surface area (Å²) < 4.78 is 5.70. The van der Waals surface area contributed by atoms with Crippen LogP contribution in [-0.4, -0.2) is 61.7 Å². The van der Waals surface area contributed by atoms with Gasteiger partial charge in [0.2, 0.25) is 0 Å². The minimum Gasteiger partial charge on any atom is -0.494 e. The first-order chi connectivity index (χ1) is 9.86. The number of nitrogens with one attached hydrogen (secondary N) is 1. The fourth-order valence-corrected chi connectivity index (χ4v) is 3.12. The van der Waals surface area contributed by atoms with E-state index < -0.39 is 0 Å². The van der Waals surface area contributed by atoms with Crippen molar-refractivity contribution in [2.24, 2.45) is 0 Å². The molecule has 0 atom stereocenters. The smallest absolute Gasteiger partial charge is 0.123 e. The van der Waals surface area contributed by atoms with Gasteiger partial charge in [-0.1, -0.05) is 18.2 Å². The molecule has 0 unspecified atom stereocenters. The molecule has 4 nitrogen and oxygen atoms in total. The molecule has 1 aromatic rings. The molecule has 3 rings (SSSR count). The van der Waals surface area contributed by atoms with Crippen LogP contribution in [0, 0.1) is 0 Å². The Kier molecular flexibility index (Phi) is 4.55. The number of nitrogens with zero attached hydrogens (tertiary/aromatic N) is 2. The summed E-state index contributed by atoms with van der Waals surface area (Å²) in [7, 11) is 0. The fourth-order valence-electron chi connectivity index (χ4n) is 3.12. The molecular formula is C16H25N3O. The molecule has 2 fully saturated rings. The van der Waals surface area contributed by atoms with Crippen LogP contribution in [0.3, 0.4) is 0 Å². The minimum atomic E-state index is 0.737. The second-order valence-electron chi connectivity index (χ2n) is 5.67. The van der Waals surface area contributed by atoms with Crippen LogP contribution in [-0.2, 0) is 6.54 Å². The average molecular weight is 275 g/mol. The Labute approximate surface area is 121 Å². The summed E-state index contributed by atoms with van der Waals surface area (Å²) in [4.78, 5) is 5.14. The normalized spacial score (nSPS) is 21.6. The van der Waals surface area contributed by atoms with Crippen molar-refractivity contribution >= 4 is 0 Å². The van der Waals surface area contributed by atoms with Gasteiger partial charge >= 0.3 is 0 Å². The fraction of sp³-hybridized carbons (Fsp3) is 0.625. The maximum atomic E-state index is 5.70. The predicted octanol–water partition coefficient (Wildman–Crippen LogP) is 1.17. The molecule has 0 aliphatic carbocycles. The van der Waals surface area contributed by atoms with E-state index in [4.69, 9.17) is 4.74 Å². The van der Waals surface area contributed by atoms with Gasteiger partial charge in [0.15, 0.2) is 0 Å². The lowest BCUT2D eigenvalue weighted by atomic mass is 10.0. The van der Waals surface area contributed by atoms with Crippen LogP contribution in [0.4, 0.5) is 0 Å². The SMILES string of the molecule is CCOc1ccccc1CN1CC(N2CCNCC2)C1. The molecule has 1 N–H and O–H groups in total. The Morgan fingerprint density at radius 3 is 2.70 bits per heavy atom. The molecule has 4 heteroatoms. The Morgan fingerprint density at radius 2 is 1.95 bits per heavy atom. The monoisotopic (exact) mass is 275 g/mol. The topological polar surface area (TPSA) is 27.7 Å². The van der Waals surface area contributed by atoms with Gasteiger partial charge in [-0.25, -0.2) is 0 Å². The van der Waals surface area contributed by atoms with Crippen molar-refractivity contribution in [3.63, 3.8) is 0 Å². The van der Waals surface area contributed by atoms with E-state index in [2.05, 4.69) is 33.3 Å². The lowest BCUT2D eigenvalue weighted by Crippen LogP contribution is -2.62. The van der Waals surface area contributed by atoms with Crippen molar-refractivity contribution < 1.29 is 4.74 Å². The number of hydrogen-bond acceptors (Lipinski definition) is 4. The van der Waals surface area contributed by atoms with Crippen LogP contribution in [0.1, 0.15) is 12.5 Å². The van der Waals surface area contributed by atoms with E-state index in [9.17, 15) is 0 Å². The lowest BCUT2D eigenvalue weighted by Gasteiger charge is -2.47. The molecule has 2 aliphatic rings. The first-order valence-electron chi connectivity index (χ1n) is 7.74. The summed E-state index contributed by atoms with van der Waals surface area (Å²) in [5.41, 5.74) is 1.31. The van der Waals surface area contributed by atoms with Crippen LogP contribution >= 0.6 is 0 Å². The third kappa shape index (κ3) is 3.14. The van der Waals surface area contributed by atoms with Gasteiger partial charge < -0.3 is 10.1 Å². The predicted molar refractivity (Wildman–Crippen MR) is 81.1 cm³/mol. The number of hydrogen-bond donors (Lipinski definition) is 1. The molecule has 0 bridgehead atoms. The molecule has 0 spiro atoms. The standard InChI is InChI=1S/C16H25N3O/c1-2-20-16-6-4-3-5-14(16)11-18-12-15(13-18)19-9-7-17-8-10-19/h3-6,15,17H,2,7-13H2,1H3. The van der Waals surface area contributed by atoms with E-state index >= 15 is 0 Å². The van der Waals surface area contributed by atoms with Gasteiger partial charge in [-0.05, 0) is 13.0 Å². The quantitative estimate of drug-likeness (QED) is 0.873. The van der Waals surface area contributed by atoms with E-state index in [1.165, 1.54) is 31.7 Å². The van der Waals surface area contributed by atoms with E-state index in [1.807, 2.05) is 13.0 Å². The van der Waals surface area contributed by atoms with Crippen molar-refractivity contribution in [3.8, 4) is 5.75 Å². The summed E-state index contributed by atoms with van der Waals surface area (Å²) >= 11 is 0. The second kappa shape index (κ2) is 6.57. The Hall–Kier alpha value is -1.10. The molecule has 20 heavy (non-hydrogen) atoms. The maximum Gasteiger partial charge on any atom is 0.123 e. The van der Waals surface area contributed by atoms with Gasteiger partial charge in [-0.15, -0.1) is 0 Å². The largest absolute Gasteiger partial charge is 0.494 e. The zero-order chi connectivity index (χ0) is 13.8. The van der Waals surface area contributed by atoms with Crippen molar-refractivity contribution in [2.75, 3.05) is 45.9 Å². The van der Waals surface area contributed by atoms with Crippen molar-refractivity contribution in [1.82, 2.24) is 15.1 Å². The number of ether oxygens (including phenoxy) is 1. The average Bonchev–Trinajstić information content (AvgIpc) is 2.45. The van der Waals surface area contributed by atoms with Gasteiger partial charge in [-0.2, -0.15) is 0 Å². The minimum absolute atomic E-state index is 0.737. The van der Waals surface area contributed by atoms with Crippen LogP contribution < -0.4 is 10.1 Å². The number of para-hydroxylation sites is 1. The Bertz CT molecular complexity index is 425. The van der Waals surface area contributed by atoms with Gasteiger partial charge in [-0.3, -0.25) is 9.80 Å². The molecule has 0 amide bonds. The first kappa shape index (κ1) is 13.9. The van der Waals surface area contributed by atoms with Crippen LogP contribution in [0.5, 0.6) is 5.75 Å². The molecule has 0 radical (unpaired) electrons. The second-order valence-corrected chi connectivity index (χ2v) is 5.67. The third-order valence-corrected chi connectivity index (χ3v) is 4.27. The lowest BCUT2D eigenvalue weighted by molar-refractivity contribution is 0.0218. The van der Waals surface area contributed by atoms with Crippen LogP contribution in [0.25, 0.3) is 0 Å². The van der Waals surface area contributed by atoms with Crippen LogP contribution in [0.15, 0.2) is 24.3 Å². The Balaban J connectivity index is 1.51. The van der Waals surface area contributed by atoms with Gasteiger partial charge in [0, 0.05) is 57.4 Å². The van der Waals surface area contributed by atoms with E-state index in [-0.39, 0.29) is 0 Å². The molecule has 1 aromatic carbocycles. The number of rotatable bonds is 5. The summed E-state index contributed by atoms with van der Waals surface area (Å²) in [6, 6.07) is 9.17. The highest BCUT2D eigenvalue weighted by molar-refractivity contribution is 5.33. The van der Waals surface area contributed by atoms with Crippen molar-refractivity contribution in [1.29, 1.82) is 0 Å². The van der Waals surface area contributed by atoms with Crippen LogP contribution in [0.2, 0.25) is 0 Å². The zero-order valence-corrected chi connectivity index (χ0v) is 12.3. The summed E-state index contributed by atoms with van der Waals surface area (Å²) in [6.07, 6.45) is 0. The van der Waals surface area contributed by atoms with Gasteiger partial charge in [0.1, 0.15) is 5.75 Å². The van der Waals surface area contributed by atoms with E-state index in [1.54, 1.807) is 0 Å². The highest BCUT2D eigenvalue weighted by atomic mass is 16.5. The third-order valence-electron chi connectivity index (χ3n) is 4.27. The molecular weight excluding hydrogens is 250 g/mol. The molecule has 110 valence electrons. The molecule has 2 saturated heterocycles. The van der Waals surface area contributed by atoms with Crippen molar-refractivity contribution in [3.05, 3.63) is 29.8 Å². The van der Waals surface area contributed by atoms with E-state index in [0.717, 1.165) is 38.0 Å². The highest BCUT2D eigenvalue weighted by Crippen LogP contribution is 2.24. The molecule has 2 heterocycles. The molecule has 2 aliphatic heterocycles. The summed E-state index contributed by atoms with van der Waals surface area (Å²) in [5, 5.41) is 3.42. The van der Waals surface area contributed by atoms with Gasteiger partial charge in [0.25, 0.3) is 0 Å². The molecule has 0 saturated carbocycles.